The van der Waals surface area contributed by atoms with Crippen molar-refractivity contribution >= 4 is 23.6 Å². The van der Waals surface area contributed by atoms with Gasteiger partial charge < -0.3 is 10.1 Å². The summed E-state index contributed by atoms with van der Waals surface area (Å²) >= 11 is 6.31. The summed E-state index contributed by atoms with van der Waals surface area (Å²) in [6, 6.07) is 6.39. The molecular weight excluding hydrogens is 328 g/mol. The van der Waals surface area contributed by atoms with Gasteiger partial charge in [0.05, 0.1) is 18.2 Å². The van der Waals surface area contributed by atoms with Crippen LogP contribution in [0.15, 0.2) is 35.5 Å². The highest BCUT2D eigenvalue weighted by Crippen LogP contribution is 2.36. The number of allylic oxidation sites excluding steroid dienone is 1. The molecule has 0 aliphatic carbocycles. The fraction of sp³-hybridized carbons (Fsp3) is 0.444. The first-order valence-electron chi connectivity index (χ1n) is 8.27. The van der Waals surface area contributed by atoms with Gasteiger partial charge in [-0.25, -0.2) is 9.59 Å². The fourth-order valence-electron chi connectivity index (χ4n) is 2.94. The van der Waals surface area contributed by atoms with Crippen LogP contribution in [-0.4, -0.2) is 30.1 Å². The number of hydrogen-bond acceptors (Lipinski definition) is 3. The molecule has 1 aromatic rings. The van der Waals surface area contributed by atoms with Crippen molar-refractivity contribution in [3.63, 3.8) is 0 Å². The number of rotatable bonds is 6. The van der Waals surface area contributed by atoms with Crippen LogP contribution in [0.25, 0.3) is 0 Å². The third-order valence-corrected chi connectivity index (χ3v) is 4.30. The maximum Gasteiger partial charge on any atom is 0.338 e. The number of benzene rings is 1. The molecule has 0 saturated carbocycles. The lowest BCUT2D eigenvalue weighted by molar-refractivity contribution is -0.139. The number of nitrogens with one attached hydrogen (secondary N) is 1. The van der Waals surface area contributed by atoms with Crippen molar-refractivity contribution in [2.24, 2.45) is 0 Å². The van der Waals surface area contributed by atoms with E-state index in [1.807, 2.05) is 32.0 Å². The lowest BCUT2D eigenvalue weighted by Crippen LogP contribution is -2.48. The number of hydrogen-bond donors (Lipinski definition) is 1. The Hall–Kier alpha value is -2.01. The second-order valence-corrected chi connectivity index (χ2v) is 5.89. The molecule has 1 aliphatic heterocycles. The molecule has 5 nitrogen and oxygen atoms in total. The fourth-order valence-corrected chi connectivity index (χ4v) is 3.18. The number of nitrogens with zero attached hydrogens (tertiary/aromatic N) is 1. The van der Waals surface area contributed by atoms with E-state index in [0.29, 0.717) is 34.8 Å². The van der Waals surface area contributed by atoms with Crippen molar-refractivity contribution in [3.8, 4) is 0 Å². The second-order valence-electron chi connectivity index (χ2n) is 5.48. The maximum absolute atomic E-state index is 12.6. The van der Waals surface area contributed by atoms with Gasteiger partial charge in [-0.05, 0) is 31.9 Å². The molecule has 0 aromatic heterocycles. The molecule has 2 rings (SSSR count). The van der Waals surface area contributed by atoms with Gasteiger partial charge in [0.15, 0.2) is 0 Å². The van der Waals surface area contributed by atoms with Gasteiger partial charge in [0.2, 0.25) is 0 Å². The summed E-state index contributed by atoms with van der Waals surface area (Å²) in [5.74, 6) is -0.413. The van der Waals surface area contributed by atoms with E-state index in [-0.39, 0.29) is 12.6 Å². The zero-order chi connectivity index (χ0) is 17.7. The number of carbonyl (C=O) groups excluding carboxylic acids is 2. The van der Waals surface area contributed by atoms with Crippen LogP contribution in [0.3, 0.4) is 0 Å². The summed E-state index contributed by atoms with van der Waals surface area (Å²) < 4.78 is 5.26. The molecule has 1 N–H and O–H groups in total. The first kappa shape index (κ1) is 18.3. The second kappa shape index (κ2) is 8.20. The van der Waals surface area contributed by atoms with Crippen LogP contribution >= 0.6 is 11.6 Å². The van der Waals surface area contributed by atoms with Crippen molar-refractivity contribution in [1.82, 2.24) is 10.2 Å². The Morgan fingerprint density at radius 3 is 2.58 bits per heavy atom. The molecule has 24 heavy (non-hydrogen) atoms. The summed E-state index contributed by atoms with van der Waals surface area (Å²) in [7, 11) is 0. The molecule has 0 spiro atoms. The number of ether oxygens (including phenoxy) is 1. The molecule has 1 aromatic carbocycles. The van der Waals surface area contributed by atoms with Gasteiger partial charge in [0.25, 0.3) is 0 Å². The minimum atomic E-state index is -0.602. The predicted molar refractivity (Wildman–Crippen MR) is 93.7 cm³/mol. The van der Waals surface area contributed by atoms with E-state index < -0.39 is 12.0 Å². The number of amides is 2. The van der Waals surface area contributed by atoms with Gasteiger partial charge in [0, 0.05) is 17.3 Å². The highest BCUT2D eigenvalue weighted by atomic mass is 35.5. The molecule has 1 heterocycles. The number of esters is 1. The average molecular weight is 351 g/mol. The van der Waals surface area contributed by atoms with Gasteiger partial charge in [-0.1, -0.05) is 43.1 Å². The Morgan fingerprint density at radius 2 is 2.00 bits per heavy atom. The maximum atomic E-state index is 12.6. The van der Waals surface area contributed by atoms with Crippen LogP contribution in [0.4, 0.5) is 4.79 Å². The third kappa shape index (κ3) is 3.56. The van der Waals surface area contributed by atoms with Crippen molar-refractivity contribution in [3.05, 3.63) is 46.1 Å². The summed E-state index contributed by atoms with van der Waals surface area (Å²) in [6.45, 7) is 6.42. The number of carbonyl (C=O) groups is 2. The molecule has 1 aliphatic rings. The Labute approximate surface area is 147 Å². The van der Waals surface area contributed by atoms with Crippen LogP contribution < -0.4 is 5.32 Å². The van der Waals surface area contributed by atoms with E-state index in [0.717, 1.165) is 6.42 Å². The van der Waals surface area contributed by atoms with E-state index in [1.165, 1.54) is 0 Å². The zero-order valence-corrected chi connectivity index (χ0v) is 15.0. The van der Waals surface area contributed by atoms with Crippen molar-refractivity contribution in [1.29, 1.82) is 0 Å². The molecule has 0 unspecified atom stereocenters. The Bertz CT molecular complexity index is 657. The smallest absolute Gasteiger partial charge is 0.338 e. The molecule has 0 saturated heterocycles. The molecule has 1 atom stereocenters. The minimum Gasteiger partial charge on any atom is -0.463 e. The monoisotopic (exact) mass is 350 g/mol. The van der Waals surface area contributed by atoms with Gasteiger partial charge >= 0.3 is 12.0 Å². The largest absolute Gasteiger partial charge is 0.463 e. The summed E-state index contributed by atoms with van der Waals surface area (Å²) in [6.07, 6.45) is 1.44. The topological polar surface area (TPSA) is 58.6 Å². The van der Waals surface area contributed by atoms with Crippen molar-refractivity contribution in [2.45, 2.75) is 39.7 Å². The Kier molecular flexibility index (Phi) is 6.26. The lowest BCUT2D eigenvalue weighted by Gasteiger charge is -2.36. The average Bonchev–Trinajstić information content (AvgIpc) is 2.55. The Morgan fingerprint density at radius 1 is 1.29 bits per heavy atom. The highest BCUT2D eigenvalue weighted by molar-refractivity contribution is 6.31. The van der Waals surface area contributed by atoms with E-state index in [4.69, 9.17) is 16.3 Å². The van der Waals surface area contributed by atoms with Crippen LogP contribution in [0.1, 0.15) is 45.2 Å². The molecule has 6 heteroatoms. The standard InChI is InChI=1S/C18H23ClN2O3/c1-4-9-14-15(17(22)24-6-3)16(20-18(23)21(14)5-2)12-10-7-8-11-13(12)19/h7-8,10-11,16H,4-6,9H2,1-3H3,(H,20,23)/t16-/m0/s1. The number of urea groups is 1. The van der Waals surface area contributed by atoms with E-state index >= 15 is 0 Å². The molecule has 0 fully saturated rings. The molecular formula is C18H23ClN2O3. The van der Waals surface area contributed by atoms with Gasteiger partial charge in [-0.2, -0.15) is 0 Å². The predicted octanol–water partition coefficient (Wildman–Crippen LogP) is 4.04. The normalized spacial score (nSPS) is 17.8. The van der Waals surface area contributed by atoms with Gasteiger partial charge in [0.1, 0.15) is 0 Å². The molecule has 2 amide bonds. The lowest BCUT2D eigenvalue weighted by atomic mass is 9.93. The van der Waals surface area contributed by atoms with Crippen LogP contribution in [-0.2, 0) is 9.53 Å². The van der Waals surface area contributed by atoms with Crippen molar-refractivity contribution in [2.75, 3.05) is 13.2 Å². The minimum absolute atomic E-state index is 0.223. The summed E-state index contributed by atoms with van der Waals surface area (Å²) in [5.41, 5.74) is 1.88. The molecule has 130 valence electrons. The number of halogens is 1. The first-order valence-corrected chi connectivity index (χ1v) is 8.65. The molecule has 0 radical (unpaired) electrons. The quantitative estimate of drug-likeness (QED) is 0.787. The highest BCUT2D eigenvalue weighted by Gasteiger charge is 2.37. The summed E-state index contributed by atoms with van der Waals surface area (Å²) in [5, 5.41) is 3.40. The Balaban J connectivity index is 2.63. The van der Waals surface area contributed by atoms with E-state index in [1.54, 1.807) is 17.9 Å². The van der Waals surface area contributed by atoms with E-state index in [2.05, 4.69) is 5.32 Å². The summed E-state index contributed by atoms with van der Waals surface area (Å²) in [4.78, 5) is 26.8. The zero-order valence-electron chi connectivity index (χ0n) is 14.3. The van der Waals surface area contributed by atoms with Crippen LogP contribution in [0, 0.1) is 0 Å². The molecule has 0 bridgehead atoms. The van der Waals surface area contributed by atoms with E-state index in [9.17, 15) is 9.59 Å². The van der Waals surface area contributed by atoms with Crippen LogP contribution in [0.5, 0.6) is 0 Å². The SMILES string of the molecule is CCCC1=C(C(=O)OCC)[C@H](c2ccccc2Cl)NC(=O)N1CC. The van der Waals surface area contributed by atoms with Crippen molar-refractivity contribution < 1.29 is 14.3 Å². The third-order valence-electron chi connectivity index (χ3n) is 3.95. The first-order chi connectivity index (χ1) is 11.5. The van der Waals surface area contributed by atoms with Crippen LogP contribution in [0.2, 0.25) is 5.02 Å². The van der Waals surface area contributed by atoms with Gasteiger partial charge in [-0.15, -0.1) is 0 Å². The van der Waals surface area contributed by atoms with Gasteiger partial charge in [-0.3, -0.25) is 4.90 Å².